The summed E-state index contributed by atoms with van der Waals surface area (Å²) in [4.78, 5) is 5.30. The number of para-hydroxylation sites is 2. The Morgan fingerprint density at radius 1 is 0.455 bits per heavy atom. The number of nitrogens with zero attached hydrogens (tertiary/aromatic N) is 2. The maximum absolute atomic E-state index is 5.30. The molecule has 0 atom stereocenters. The number of hydrogen-bond donors (Lipinski definition) is 0. The summed E-state index contributed by atoms with van der Waals surface area (Å²) in [5.74, 6) is 0.932. The van der Waals surface area contributed by atoms with Crippen LogP contribution in [0.5, 0.6) is 0 Å². The third kappa shape index (κ3) is 3.27. The van der Waals surface area contributed by atoms with Crippen LogP contribution in [0.1, 0.15) is 0 Å². The molecule has 3 heteroatoms. The Morgan fingerprint density at radius 2 is 1.05 bits per heavy atom. The molecule has 3 aromatic heterocycles. The third-order valence-corrected chi connectivity index (χ3v) is 10.4. The molecule has 0 aliphatic carbocycles. The first-order valence-electron chi connectivity index (χ1n) is 15.0. The second-order valence-corrected chi connectivity index (χ2v) is 12.6. The van der Waals surface area contributed by atoms with Gasteiger partial charge in [0.05, 0.1) is 16.6 Å². The molecule has 2 nitrogen and oxygen atoms in total. The Morgan fingerprint density at radius 3 is 1.89 bits per heavy atom. The third-order valence-electron chi connectivity index (χ3n) is 9.18. The molecule has 0 N–H and O–H groups in total. The highest BCUT2D eigenvalue weighted by Crippen LogP contribution is 2.43. The summed E-state index contributed by atoms with van der Waals surface area (Å²) in [6.07, 6.45) is 0. The smallest absolute Gasteiger partial charge is 0.138 e. The molecule has 44 heavy (non-hydrogen) atoms. The number of fused-ring (bicyclic) bond motifs is 12. The molecular weight excluding hydrogens is 553 g/mol. The molecule has 0 aliphatic rings. The molecule has 7 aromatic carbocycles. The lowest BCUT2D eigenvalue weighted by Crippen LogP contribution is -1.99. The Labute approximate surface area is 257 Å². The van der Waals surface area contributed by atoms with Crippen molar-refractivity contribution < 1.29 is 0 Å². The molecule has 0 saturated heterocycles. The van der Waals surface area contributed by atoms with Crippen molar-refractivity contribution in [1.29, 1.82) is 0 Å². The van der Waals surface area contributed by atoms with Gasteiger partial charge in [0.25, 0.3) is 0 Å². The maximum atomic E-state index is 5.30. The first kappa shape index (κ1) is 24.0. The normalized spacial score (nSPS) is 12.1. The van der Waals surface area contributed by atoms with E-state index in [1.165, 1.54) is 69.1 Å². The highest BCUT2D eigenvalue weighted by molar-refractivity contribution is 7.26. The zero-order chi connectivity index (χ0) is 28.8. The molecule has 10 rings (SSSR count). The van der Waals surface area contributed by atoms with Crippen molar-refractivity contribution in [3.05, 3.63) is 146 Å². The van der Waals surface area contributed by atoms with Crippen LogP contribution in [0.2, 0.25) is 0 Å². The van der Waals surface area contributed by atoms with Crippen LogP contribution in [0, 0.1) is 0 Å². The quantitative estimate of drug-likeness (QED) is 0.187. The SMILES string of the molecule is c1ccc(-c2cc(-n3c4ccccc4c4ccc5c6ccc7c8ccccc8sc7c6ccc5c43)nc3ccccc23)cc1. The molecule has 0 radical (unpaired) electrons. The van der Waals surface area contributed by atoms with Gasteiger partial charge in [-0.05, 0) is 46.2 Å². The Kier molecular flexibility index (Phi) is 4.90. The predicted octanol–water partition coefficient (Wildman–Crippen LogP) is 11.7. The molecule has 0 fully saturated rings. The van der Waals surface area contributed by atoms with Crippen molar-refractivity contribution in [2.24, 2.45) is 0 Å². The summed E-state index contributed by atoms with van der Waals surface area (Å²) in [6.45, 7) is 0. The fourth-order valence-corrected chi connectivity index (χ4v) is 8.46. The topological polar surface area (TPSA) is 17.8 Å². The second kappa shape index (κ2) is 9.00. The van der Waals surface area contributed by atoms with Crippen molar-refractivity contribution in [1.82, 2.24) is 9.55 Å². The second-order valence-electron chi connectivity index (χ2n) is 11.5. The van der Waals surface area contributed by atoms with E-state index < -0.39 is 0 Å². The van der Waals surface area contributed by atoms with Crippen molar-refractivity contribution >= 4 is 85.8 Å². The van der Waals surface area contributed by atoms with Crippen LogP contribution < -0.4 is 0 Å². The van der Waals surface area contributed by atoms with E-state index in [0.717, 1.165) is 22.2 Å². The van der Waals surface area contributed by atoms with Crippen LogP contribution >= 0.6 is 11.3 Å². The monoisotopic (exact) mass is 576 g/mol. The van der Waals surface area contributed by atoms with Gasteiger partial charge >= 0.3 is 0 Å². The van der Waals surface area contributed by atoms with E-state index in [0.29, 0.717) is 0 Å². The predicted molar refractivity (Wildman–Crippen MR) is 189 cm³/mol. The lowest BCUT2D eigenvalue weighted by molar-refractivity contribution is 1.11. The lowest BCUT2D eigenvalue weighted by atomic mass is 9.98. The van der Waals surface area contributed by atoms with Crippen molar-refractivity contribution in [2.75, 3.05) is 0 Å². The summed E-state index contributed by atoms with van der Waals surface area (Å²) in [6, 6.07) is 52.8. The van der Waals surface area contributed by atoms with E-state index in [9.17, 15) is 0 Å². The minimum absolute atomic E-state index is 0.932. The largest absolute Gasteiger partial charge is 0.293 e. The van der Waals surface area contributed by atoms with E-state index in [2.05, 4.69) is 150 Å². The Bertz CT molecular complexity index is 2770. The van der Waals surface area contributed by atoms with Crippen LogP contribution in [0.3, 0.4) is 0 Å². The van der Waals surface area contributed by atoms with E-state index in [1.807, 2.05) is 11.3 Å². The van der Waals surface area contributed by atoms with Gasteiger partial charge in [0.1, 0.15) is 5.82 Å². The van der Waals surface area contributed by atoms with Gasteiger partial charge in [-0.3, -0.25) is 4.57 Å². The summed E-state index contributed by atoms with van der Waals surface area (Å²) in [7, 11) is 0. The van der Waals surface area contributed by atoms with Gasteiger partial charge in [-0.25, -0.2) is 4.98 Å². The van der Waals surface area contributed by atoms with Crippen molar-refractivity contribution in [3.8, 4) is 16.9 Å². The molecule has 3 heterocycles. The van der Waals surface area contributed by atoms with Gasteiger partial charge in [0.15, 0.2) is 0 Å². The maximum Gasteiger partial charge on any atom is 0.138 e. The number of benzene rings is 7. The molecule has 0 bridgehead atoms. The number of rotatable bonds is 2. The van der Waals surface area contributed by atoms with Crippen molar-refractivity contribution in [2.45, 2.75) is 0 Å². The van der Waals surface area contributed by atoms with Crippen LogP contribution in [-0.2, 0) is 0 Å². The van der Waals surface area contributed by atoms with Crippen LogP contribution in [0.25, 0.3) is 91.4 Å². The van der Waals surface area contributed by atoms with E-state index in [1.54, 1.807) is 0 Å². The van der Waals surface area contributed by atoms with Gasteiger partial charge in [-0.2, -0.15) is 0 Å². The first-order chi connectivity index (χ1) is 21.8. The van der Waals surface area contributed by atoms with E-state index >= 15 is 0 Å². The minimum atomic E-state index is 0.932. The lowest BCUT2D eigenvalue weighted by Gasteiger charge is -2.14. The fourth-order valence-electron chi connectivity index (χ4n) is 7.23. The molecule has 0 spiro atoms. The average Bonchev–Trinajstić information content (AvgIpc) is 3.64. The highest BCUT2D eigenvalue weighted by atomic mass is 32.1. The van der Waals surface area contributed by atoms with Crippen LogP contribution in [-0.4, -0.2) is 9.55 Å². The summed E-state index contributed by atoms with van der Waals surface area (Å²) < 4.78 is 5.08. The zero-order valence-corrected chi connectivity index (χ0v) is 24.5. The zero-order valence-electron chi connectivity index (χ0n) is 23.7. The van der Waals surface area contributed by atoms with Gasteiger partial charge in [-0.15, -0.1) is 11.3 Å². The average molecular weight is 577 g/mol. The molecule has 0 unspecified atom stereocenters. The number of hydrogen-bond acceptors (Lipinski definition) is 2. The first-order valence-corrected chi connectivity index (χ1v) is 15.8. The summed E-state index contributed by atoms with van der Waals surface area (Å²) >= 11 is 1.89. The van der Waals surface area contributed by atoms with Crippen molar-refractivity contribution in [3.63, 3.8) is 0 Å². The number of pyridine rings is 1. The highest BCUT2D eigenvalue weighted by Gasteiger charge is 2.19. The minimum Gasteiger partial charge on any atom is -0.293 e. The molecule has 0 aliphatic heterocycles. The standard InChI is InChI=1S/C41H24N2S/c1-2-10-25(11-3-1)35-24-39(42-36-15-7-4-12-28(35)36)43-37-16-8-5-13-29(37)32-20-18-26-27-19-22-34-30-14-6-9-17-38(30)44-41(34)33(27)23-21-31(26)40(32)43/h1-24H. The fraction of sp³-hybridized carbons (Fsp3) is 0. The van der Waals surface area contributed by atoms with Gasteiger partial charge in [0, 0.05) is 47.1 Å². The number of thiophene rings is 1. The molecule has 10 aromatic rings. The Hall–Kier alpha value is -5.51. The molecular formula is C41H24N2S. The van der Waals surface area contributed by atoms with Gasteiger partial charge in [0.2, 0.25) is 0 Å². The van der Waals surface area contributed by atoms with Gasteiger partial charge < -0.3 is 0 Å². The molecule has 0 amide bonds. The Balaban J connectivity index is 1.34. The number of aromatic nitrogens is 2. The van der Waals surface area contributed by atoms with Crippen LogP contribution in [0.4, 0.5) is 0 Å². The summed E-state index contributed by atoms with van der Waals surface area (Å²) in [5, 5.41) is 11.4. The summed E-state index contributed by atoms with van der Waals surface area (Å²) in [5.41, 5.74) is 5.74. The van der Waals surface area contributed by atoms with Crippen LogP contribution in [0.15, 0.2) is 146 Å². The molecule has 0 saturated carbocycles. The molecule has 204 valence electrons. The van der Waals surface area contributed by atoms with E-state index in [4.69, 9.17) is 4.98 Å². The van der Waals surface area contributed by atoms with E-state index in [-0.39, 0.29) is 0 Å². The van der Waals surface area contributed by atoms with Gasteiger partial charge in [-0.1, -0.05) is 121 Å².